The van der Waals surface area contributed by atoms with Crippen molar-refractivity contribution >= 4 is 16.9 Å². The third-order valence-electron chi connectivity index (χ3n) is 2.59. The number of nitrogens with zero attached hydrogens (tertiary/aromatic N) is 2. The van der Waals surface area contributed by atoms with Crippen molar-refractivity contribution in [3.05, 3.63) is 30.5 Å². The van der Waals surface area contributed by atoms with Crippen molar-refractivity contribution in [2.45, 2.75) is 12.5 Å². The molecule has 1 heterocycles. The van der Waals surface area contributed by atoms with Crippen LogP contribution in [0.2, 0.25) is 0 Å². The van der Waals surface area contributed by atoms with Crippen LogP contribution in [-0.4, -0.2) is 41.4 Å². The molecule has 5 heteroatoms. The molecule has 2 N–H and O–H groups in total. The first kappa shape index (κ1) is 12.7. The van der Waals surface area contributed by atoms with E-state index in [9.17, 15) is 5.11 Å². The number of methoxy groups -OCH3 is 1. The fourth-order valence-corrected chi connectivity index (χ4v) is 1.68. The molecule has 0 spiro atoms. The van der Waals surface area contributed by atoms with Crippen molar-refractivity contribution in [1.82, 2.24) is 9.97 Å². The number of aliphatic hydroxyl groups excluding tert-OH is 1. The average Bonchev–Trinajstić information content (AvgIpc) is 2.39. The molecule has 5 nitrogen and oxygen atoms in total. The molecule has 1 unspecified atom stereocenters. The van der Waals surface area contributed by atoms with Crippen molar-refractivity contribution in [3.63, 3.8) is 0 Å². The van der Waals surface area contributed by atoms with Gasteiger partial charge in [0.25, 0.3) is 0 Å². The number of hydrogen-bond acceptors (Lipinski definition) is 5. The molecule has 0 aliphatic carbocycles. The van der Waals surface area contributed by atoms with Gasteiger partial charge >= 0.3 is 0 Å². The number of rotatable bonds is 6. The van der Waals surface area contributed by atoms with Gasteiger partial charge in [0.15, 0.2) is 0 Å². The van der Waals surface area contributed by atoms with Crippen molar-refractivity contribution in [2.75, 3.05) is 25.6 Å². The van der Waals surface area contributed by atoms with Crippen LogP contribution in [0.4, 0.5) is 5.82 Å². The highest BCUT2D eigenvalue weighted by Gasteiger charge is 2.03. The molecule has 1 aromatic carbocycles. The normalized spacial score (nSPS) is 12.6. The highest BCUT2D eigenvalue weighted by atomic mass is 16.5. The summed E-state index contributed by atoms with van der Waals surface area (Å²) in [5.41, 5.74) is 1.74. The molecule has 0 aliphatic heterocycles. The predicted octanol–water partition coefficient (Wildman–Crippen LogP) is 1.44. The summed E-state index contributed by atoms with van der Waals surface area (Å²) in [5, 5.41) is 12.6. The lowest BCUT2D eigenvalue weighted by Gasteiger charge is -2.10. The van der Waals surface area contributed by atoms with Crippen LogP contribution in [0.5, 0.6) is 0 Å². The molecule has 96 valence electrons. The summed E-state index contributed by atoms with van der Waals surface area (Å²) in [4.78, 5) is 8.73. The van der Waals surface area contributed by atoms with E-state index in [1.807, 2.05) is 24.3 Å². The Morgan fingerprint density at radius 1 is 1.33 bits per heavy atom. The van der Waals surface area contributed by atoms with Crippen LogP contribution in [0.15, 0.2) is 30.5 Å². The number of aliphatic hydroxyl groups is 1. The average molecular weight is 247 g/mol. The summed E-state index contributed by atoms with van der Waals surface area (Å²) in [6.07, 6.45) is 1.86. The molecule has 1 atom stereocenters. The first-order valence-corrected chi connectivity index (χ1v) is 5.92. The van der Waals surface area contributed by atoms with Crippen LogP contribution in [0.1, 0.15) is 6.42 Å². The van der Waals surface area contributed by atoms with Gasteiger partial charge in [-0.3, -0.25) is 4.98 Å². The molecule has 0 saturated carbocycles. The molecule has 18 heavy (non-hydrogen) atoms. The summed E-state index contributed by atoms with van der Waals surface area (Å²) >= 11 is 0. The first-order chi connectivity index (χ1) is 8.79. The Morgan fingerprint density at radius 3 is 2.89 bits per heavy atom. The van der Waals surface area contributed by atoms with Gasteiger partial charge in [-0.25, -0.2) is 4.98 Å². The number of para-hydroxylation sites is 2. The Balaban J connectivity index is 1.91. The number of fused-ring (bicyclic) bond motifs is 1. The predicted molar refractivity (Wildman–Crippen MR) is 70.5 cm³/mol. The Labute approximate surface area is 106 Å². The molecule has 2 aromatic rings. The summed E-state index contributed by atoms with van der Waals surface area (Å²) in [6, 6.07) is 7.72. The lowest BCUT2D eigenvalue weighted by atomic mass is 10.2. The standard InChI is InChI=1S/C13H17N3O2/c1-18-9-10(17)6-7-14-13-8-15-11-4-2-3-5-12(11)16-13/h2-5,8,10,17H,6-7,9H2,1H3,(H,14,16). The van der Waals surface area contributed by atoms with Crippen LogP contribution in [0.3, 0.4) is 0 Å². The molecule has 0 fully saturated rings. The lowest BCUT2D eigenvalue weighted by molar-refractivity contribution is 0.0615. The summed E-state index contributed by atoms with van der Waals surface area (Å²) in [7, 11) is 1.57. The van der Waals surface area contributed by atoms with Gasteiger partial charge in [0.05, 0.1) is 29.9 Å². The van der Waals surface area contributed by atoms with E-state index in [1.54, 1.807) is 13.3 Å². The first-order valence-electron chi connectivity index (χ1n) is 5.92. The van der Waals surface area contributed by atoms with Gasteiger partial charge in [0, 0.05) is 13.7 Å². The van der Waals surface area contributed by atoms with Gasteiger partial charge in [-0.15, -0.1) is 0 Å². The van der Waals surface area contributed by atoms with Crippen LogP contribution in [-0.2, 0) is 4.74 Å². The number of hydrogen-bond donors (Lipinski definition) is 2. The maximum absolute atomic E-state index is 9.50. The monoisotopic (exact) mass is 247 g/mol. The van der Waals surface area contributed by atoms with Gasteiger partial charge in [0.2, 0.25) is 0 Å². The summed E-state index contributed by atoms with van der Waals surface area (Å²) in [6.45, 7) is 0.989. The molecular weight excluding hydrogens is 230 g/mol. The van der Waals surface area contributed by atoms with E-state index < -0.39 is 6.10 Å². The zero-order valence-corrected chi connectivity index (χ0v) is 10.3. The van der Waals surface area contributed by atoms with Crippen molar-refractivity contribution in [1.29, 1.82) is 0 Å². The summed E-state index contributed by atoms with van der Waals surface area (Å²) in [5.74, 6) is 0.721. The number of nitrogens with one attached hydrogen (secondary N) is 1. The highest BCUT2D eigenvalue weighted by Crippen LogP contribution is 2.11. The van der Waals surface area contributed by atoms with E-state index in [4.69, 9.17) is 4.74 Å². The van der Waals surface area contributed by atoms with Gasteiger partial charge in [0.1, 0.15) is 5.82 Å². The number of aromatic nitrogens is 2. The van der Waals surface area contributed by atoms with Gasteiger partial charge in [-0.2, -0.15) is 0 Å². The SMILES string of the molecule is COCC(O)CCNc1cnc2ccccc2n1. The van der Waals surface area contributed by atoms with E-state index in [0.717, 1.165) is 16.9 Å². The molecule has 0 saturated heterocycles. The maximum Gasteiger partial charge on any atom is 0.145 e. The van der Waals surface area contributed by atoms with Crippen molar-refractivity contribution in [3.8, 4) is 0 Å². The largest absolute Gasteiger partial charge is 0.391 e. The number of benzene rings is 1. The fourth-order valence-electron chi connectivity index (χ4n) is 1.68. The van der Waals surface area contributed by atoms with Gasteiger partial charge in [-0.1, -0.05) is 12.1 Å². The highest BCUT2D eigenvalue weighted by molar-refractivity contribution is 5.75. The van der Waals surface area contributed by atoms with Crippen LogP contribution in [0.25, 0.3) is 11.0 Å². The van der Waals surface area contributed by atoms with E-state index >= 15 is 0 Å². The smallest absolute Gasteiger partial charge is 0.145 e. The third kappa shape index (κ3) is 3.38. The molecule has 0 amide bonds. The van der Waals surface area contributed by atoms with Crippen molar-refractivity contribution in [2.24, 2.45) is 0 Å². The quantitative estimate of drug-likeness (QED) is 0.808. The zero-order valence-electron chi connectivity index (χ0n) is 10.3. The molecule has 0 bridgehead atoms. The molecule has 2 rings (SSSR count). The third-order valence-corrected chi connectivity index (χ3v) is 2.59. The molecule has 0 radical (unpaired) electrons. The Bertz CT molecular complexity index is 504. The fraction of sp³-hybridized carbons (Fsp3) is 0.385. The second-order valence-electron chi connectivity index (χ2n) is 4.07. The summed E-state index contributed by atoms with van der Waals surface area (Å²) < 4.78 is 4.86. The van der Waals surface area contributed by atoms with Gasteiger partial charge in [-0.05, 0) is 18.6 Å². The topological polar surface area (TPSA) is 67.3 Å². The molecular formula is C13H17N3O2. The van der Waals surface area contributed by atoms with E-state index in [-0.39, 0.29) is 0 Å². The van der Waals surface area contributed by atoms with Gasteiger partial charge < -0.3 is 15.2 Å². The zero-order chi connectivity index (χ0) is 12.8. The number of anilines is 1. The Kier molecular flexibility index (Phi) is 4.44. The Hall–Kier alpha value is -1.72. The van der Waals surface area contributed by atoms with Crippen LogP contribution >= 0.6 is 0 Å². The molecule has 0 aliphatic rings. The van der Waals surface area contributed by atoms with Crippen LogP contribution in [0, 0.1) is 0 Å². The van der Waals surface area contributed by atoms with Crippen LogP contribution < -0.4 is 5.32 Å². The minimum absolute atomic E-state index is 0.352. The second-order valence-corrected chi connectivity index (χ2v) is 4.07. The minimum Gasteiger partial charge on any atom is -0.391 e. The molecule has 1 aromatic heterocycles. The Morgan fingerprint density at radius 2 is 2.11 bits per heavy atom. The van der Waals surface area contributed by atoms with E-state index in [1.165, 1.54) is 0 Å². The minimum atomic E-state index is -0.448. The second kappa shape index (κ2) is 6.28. The van der Waals surface area contributed by atoms with E-state index in [2.05, 4.69) is 15.3 Å². The number of ether oxygens (including phenoxy) is 1. The van der Waals surface area contributed by atoms with E-state index in [0.29, 0.717) is 19.6 Å². The lowest BCUT2D eigenvalue weighted by Crippen LogP contribution is -2.18. The maximum atomic E-state index is 9.50. The van der Waals surface area contributed by atoms with Crippen molar-refractivity contribution < 1.29 is 9.84 Å².